The zero-order valence-corrected chi connectivity index (χ0v) is 20.3. The van der Waals surface area contributed by atoms with Crippen molar-refractivity contribution >= 4 is 12.0 Å². The number of hydrogen-bond donors (Lipinski definition) is 2. The summed E-state index contributed by atoms with van der Waals surface area (Å²) in [5.74, 6) is -0.397. The van der Waals surface area contributed by atoms with Crippen molar-refractivity contribution < 1.29 is 32.2 Å². The lowest BCUT2D eigenvalue weighted by molar-refractivity contribution is -0.142. The lowest BCUT2D eigenvalue weighted by atomic mass is 9.91. The molecule has 1 aliphatic heterocycles. The molecule has 0 radical (unpaired) electrons. The molecule has 4 heterocycles. The molecule has 15 heteroatoms. The maximum Gasteiger partial charge on any atom is 0.423 e. The molecule has 0 spiro atoms. The molecule has 0 bridgehead atoms. The van der Waals surface area contributed by atoms with Gasteiger partial charge in [-0.1, -0.05) is 0 Å². The maximum absolute atomic E-state index is 13.3. The number of aryl methyl sites for hydroxylation is 1. The SMILES string of the molecule is Cn1cc(-c2cnc(OC(=O)N[C@H]3CC[C@H](Nc4ncc(C(F)(F)F)c(OC5COC5)n4)CC3)cn2)cn1. The lowest BCUT2D eigenvalue weighted by Crippen LogP contribution is -2.41. The molecule has 2 N–H and O–H groups in total. The highest BCUT2D eigenvalue weighted by Crippen LogP contribution is 2.36. The Bertz CT molecular complexity index is 1260. The van der Waals surface area contributed by atoms with Crippen LogP contribution in [0.25, 0.3) is 11.3 Å². The molecule has 12 nitrogen and oxygen atoms in total. The van der Waals surface area contributed by atoms with Gasteiger partial charge in [0.1, 0.15) is 11.7 Å². The van der Waals surface area contributed by atoms with Crippen LogP contribution in [-0.2, 0) is 18.0 Å². The van der Waals surface area contributed by atoms with Gasteiger partial charge in [0.05, 0.1) is 37.5 Å². The van der Waals surface area contributed by atoms with Crippen molar-refractivity contribution in [2.24, 2.45) is 7.05 Å². The van der Waals surface area contributed by atoms with Crippen molar-refractivity contribution in [3.63, 3.8) is 0 Å². The van der Waals surface area contributed by atoms with Crippen LogP contribution in [0.1, 0.15) is 31.2 Å². The van der Waals surface area contributed by atoms with Gasteiger partial charge < -0.3 is 24.8 Å². The number of ether oxygens (including phenoxy) is 3. The first-order chi connectivity index (χ1) is 18.2. The Morgan fingerprint density at radius 3 is 2.42 bits per heavy atom. The van der Waals surface area contributed by atoms with E-state index in [2.05, 4.69) is 35.7 Å². The Balaban J connectivity index is 1.10. The minimum absolute atomic E-state index is 0.0531. The number of hydrogen-bond acceptors (Lipinski definition) is 10. The summed E-state index contributed by atoms with van der Waals surface area (Å²) < 4.78 is 57.2. The third-order valence-corrected chi connectivity index (χ3v) is 6.15. The summed E-state index contributed by atoms with van der Waals surface area (Å²) in [7, 11) is 1.79. The molecule has 1 saturated heterocycles. The second-order valence-electron chi connectivity index (χ2n) is 9.06. The fourth-order valence-electron chi connectivity index (χ4n) is 4.09. The van der Waals surface area contributed by atoms with Crippen LogP contribution in [0, 0.1) is 0 Å². The van der Waals surface area contributed by atoms with E-state index in [1.807, 2.05) is 0 Å². The predicted molar refractivity (Wildman–Crippen MR) is 125 cm³/mol. The molecule has 0 unspecified atom stereocenters. The molecule has 1 aliphatic carbocycles. The summed E-state index contributed by atoms with van der Waals surface area (Å²) >= 11 is 0. The minimum atomic E-state index is -4.64. The van der Waals surface area contributed by atoms with Gasteiger partial charge in [-0.2, -0.15) is 23.3 Å². The number of nitrogens with zero attached hydrogens (tertiary/aromatic N) is 6. The van der Waals surface area contributed by atoms with E-state index >= 15 is 0 Å². The van der Waals surface area contributed by atoms with Crippen molar-refractivity contribution in [2.45, 2.75) is 50.0 Å². The van der Waals surface area contributed by atoms with Gasteiger partial charge in [-0.15, -0.1) is 0 Å². The molecular weight excluding hydrogens is 509 g/mol. The van der Waals surface area contributed by atoms with Crippen LogP contribution in [0.2, 0.25) is 0 Å². The standard InChI is InChI=1S/C23H25F3N8O4/c1-34-10-13(6-30-34)18-8-28-19(9-27-18)38-22(35)32-15-4-2-14(3-5-15)31-21-29-7-17(23(24,25)26)20(33-21)37-16-11-36-12-16/h6-10,14-16H,2-5,11-12H2,1H3,(H,32,35)(H,29,31,33)/t14-,15-. The average Bonchev–Trinajstić information content (AvgIpc) is 3.29. The minimum Gasteiger partial charge on any atom is -0.469 e. The maximum atomic E-state index is 13.3. The van der Waals surface area contributed by atoms with Crippen molar-refractivity contribution in [1.82, 2.24) is 35.0 Å². The largest absolute Gasteiger partial charge is 0.469 e. The summed E-state index contributed by atoms with van der Waals surface area (Å²) in [6.07, 6.45) is 3.82. The molecule has 1 saturated carbocycles. The van der Waals surface area contributed by atoms with Crippen molar-refractivity contribution in [3.05, 3.63) is 36.5 Å². The molecule has 202 valence electrons. The number of carbonyl (C=O) groups is 1. The Kier molecular flexibility index (Phi) is 7.26. The molecular formula is C23H25F3N8O4. The zero-order valence-electron chi connectivity index (χ0n) is 20.3. The smallest absolute Gasteiger partial charge is 0.423 e. The fourth-order valence-corrected chi connectivity index (χ4v) is 4.09. The van der Waals surface area contributed by atoms with Gasteiger partial charge in [0.15, 0.2) is 0 Å². The Labute approximate surface area is 214 Å². The van der Waals surface area contributed by atoms with E-state index in [4.69, 9.17) is 14.2 Å². The van der Waals surface area contributed by atoms with Crippen molar-refractivity contribution in [2.75, 3.05) is 18.5 Å². The van der Waals surface area contributed by atoms with E-state index in [1.54, 1.807) is 24.1 Å². The van der Waals surface area contributed by atoms with Crippen LogP contribution >= 0.6 is 0 Å². The van der Waals surface area contributed by atoms with Crippen molar-refractivity contribution in [3.8, 4) is 23.0 Å². The highest BCUT2D eigenvalue weighted by Gasteiger charge is 2.38. The van der Waals surface area contributed by atoms with Gasteiger partial charge in [-0.25, -0.2) is 19.7 Å². The number of alkyl halides is 3. The number of nitrogens with one attached hydrogen (secondary N) is 2. The highest BCUT2D eigenvalue weighted by molar-refractivity contribution is 5.70. The molecule has 0 aromatic carbocycles. The Hall–Kier alpha value is -4.01. The average molecular weight is 534 g/mol. The molecule has 5 rings (SSSR count). The normalized spacial score (nSPS) is 19.9. The number of rotatable bonds is 7. The van der Waals surface area contributed by atoms with E-state index in [9.17, 15) is 18.0 Å². The summed E-state index contributed by atoms with van der Waals surface area (Å²) in [6, 6.07) is -0.208. The monoisotopic (exact) mass is 534 g/mol. The molecule has 0 atom stereocenters. The summed E-state index contributed by atoms with van der Waals surface area (Å²) in [5.41, 5.74) is 0.363. The Morgan fingerprint density at radius 1 is 1.05 bits per heavy atom. The van der Waals surface area contributed by atoms with E-state index in [0.717, 1.165) is 11.8 Å². The number of aromatic nitrogens is 6. The van der Waals surface area contributed by atoms with Crippen LogP contribution in [0.3, 0.4) is 0 Å². The number of amides is 1. The van der Waals surface area contributed by atoms with E-state index in [-0.39, 0.29) is 37.1 Å². The summed E-state index contributed by atoms with van der Waals surface area (Å²) in [4.78, 5) is 28.5. The van der Waals surface area contributed by atoms with E-state index < -0.39 is 29.8 Å². The van der Waals surface area contributed by atoms with Gasteiger partial charge in [0, 0.05) is 37.1 Å². The van der Waals surface area contributed by atoms with Crippen LogP contribution < -0.4 is 20.1 Å². The van der Waals surface area contributed by atoms with E-state index in [1.165, 1.54) is 12.4 Å². The lowest BCUT2D eigenvalue weighted by Gasteiger charge is -2.30. The van der Waals surface area contributed by atoms with Gasteiger partial charge in [0.25, 0.3) is 0 Å². The Morgan fingerprint density at radius 2 is 1.82 bits per heavy atom. The van der Waals surface area contributed by atoms with Crippen LogP contribution in [0.4, 0.5) is 23.9 Å². The molecule has 3 aromatic heterocycles. The fraction of sp³-hybridized carbons (Fsp3) is 0.478. The molecule has 1 amide bonds. The van der Waals surface area contributed by atoms with Gasteiger partial charge >= 0.3 is 12.3 Å². The van der Waals surface area contributed by atoms with Crippen LogP contribution in [0.15, 0.2) is 31.0 Å². The number of halogens is 3. The van der Waals surface area contributed by atoms with Crippen LogP contribution in [-0.4, -0.2) is 67.2 Å². The number of anilines is 1. The van der Waals surface area contributed by atoms with Crippen LogP contribution in [0.5, 0.6) is 11.8 Å². The summed E-state index contributed by atoms with van der Waals surface area (Å²) in [6.45, 7) is 0.430. The third-order valence-electron chi connectivity index (χ3n) is 6.15. The molecule has 38 heavy (non-hydrogen) atoms. The quantitative estimate of drug-likeness (QED) is 0.465. The van der Waals surface area contributed by atoms with Gasteiger partial charge in [0.2, 0.25) is 17.7 Å². The highest BCUT2D eigenvalue weighted by atomic mass is 19.4. The second kappa shape index (κ2) is 10.8. The second-order valence-corrected chi connectivity index (χ2v) is 9.06. The molecule has 2 aliphatic rings. The van der Waals surface area contributed by atoms with Gasteiger partial charge in [-0.3, -0.25) is 4.68 Å². The molecule has 2 fully saturated rings. The predicted octanol–water partition coefficient (Wildman–Crippen LogP) is 2.98. The first-order valence-electron chi connectivity index (χ1n) is 12.0. The first-order valence-corrected chi connectivity index (χ1v) is 12.0. The zero-order chi connectivity index (χ0) is 26.7. The first kappa shape index (κ1) is 25.6. The van der Waals surface area contributed by atoms with Gasteiger partial charge in [-0.05, 0) is 25.7 Å². The third kappa shape index (κ3) is 6.27. The van der Waals surface area contributed by atoms with Crippen molar-refractivity contribution in [1.29, 1.82) is 0 Å². The van der Waals surface area contributed by atoms with E-state index in [0.29, 0.717) is 31.4 Å². The topological polar surface area (TPSA) is 138 Å². The summed E-state index contributed by atoms with van der Waals surface area (Å²) in [5, 5.41) is 9.97. The number of carbonyl (C=O) groups excluding carboxylic acids is 1. The molecule has 3 aromatic rings.